The van der Waals surface area contributed by atoms with Gasteiger partial charge in [-0.3, -0.25) is 0 Å². The molecule has 2 unspecified atom stereocenters. The van der Waals surface area contributed by atoms with Crippen LogP contribution in [0.4, 0.5) is 0 Å². The van der Waals surface area contributed by atoms with Crippen molar-refractivity contribution >= 4 is 10.0 Å². The summed E-state index contributed by atoms with van der Waals surface area (Å²) >= 11 is 0. The summed E-state index contributed by atoms with van der Waals surface area (Å²) in [5, 5.41) is 8.83. The molecule has 2 rings (SSSR count). The predicted molar refractivity (Wildman–Crippen MR) is 79.2 cm³/mol. The first-order chi connectivity index (χ1) is 9.97. The SMILES string of the molecule is CCC1OCCC1CNS(=O)(=O)c1ccc(C#N)cc1C. The van der Waals surface area contributed by atoms with E-state index in [4.69, 9.17) is 10.00 Å². The van der Waals surface area contributed by atoms with Crippen LogP contribution in [0.15, 0.2) is 23.1 Å². The fraction of sp³-hybridized carbons (Fsp3) is 0.533. The molecule has 1 N–H and O–H groups in total. The van der Waals surface area contributed by atoms with Crippen molar-refractivity contribution in [3.63, 3.8) is 0 Å². The van der Waals surface area contributed by atoms with Crippen LogP contribution in [0.5, 0.6) is 0 Å². The van der Waals surface area contributed by atoms with Gasteiger partial charge in [0, 0.05) is 19.1 Å². The van der Waals surface area contributed by atoms with Crippen LogP contribution in [0.1, 0.15) is 30.9 Å². The first kappa shape index (κ1) is 16.0. The van der Waals surface area contributed by atoms with Gasteiger partial charge in [-0.05, 0) is 43.5 Å². The highest BCUT2D eigenvalue weighted by molar-refractivity contribution is 7.89. The lowest BCUT2D eigenvalue weighted by atomic mass is 10.0. The van der Waals surface area contributed by atoms with Gasteiger partial charge < -0.3 is 4.74 Å². The van der Waals surface area contributed by atoms with Crippen LogP contribution in [0, 0.1) is 24.2 Å². The largest absolute Gasteiger partial charge is 0.378 e. The maximum Gasteiger partial charge on any atom is 0.240 e. The van der Waals surface area contributed by atoms with Crippen molar-refractivity contribution in [2.45, 2.75) is 37.7 Å². The quantitative estimate of drug-likeness (QED) is 0.902. The first-order valence-electron chi connectivity index (χ1n) is 7.10. The smallest absolute Gasteiger partial charge is 0.240 e. The summed E-state index contributed by atoms with van der Waals surface area (Å²) in [4.78, 5) is 0.230. The van der Waals surface area contributed by atoms with Gasteiger partial charge in [0.25, 0.3) is 0 Å². The molecule has 0 aliphatic carbocycles. The van der Waals surface area contributed by atoms with Gasteiger partial charge in [0.15, 0.2) is 0 Å². The molecular weight excluding hydrogens is 288 g/mol. The summed E-state index contributed by atoms with van der Waals surface area (Å²) in [7, 11) is -3.55. The van der Waals surface area contributed by atoms with E-state index in [0.29, 0.717) is 24.3 Å². The Kier molecular flexibility index (Phi) is 4.99. The van der Waals surface area contributed by atoms with Crippen molar-refractivity contribution in [1.82, 2.24) is 4.72 Å². The molecule has 1 aromatic rings. The Bertz CT molecular complexity index is 649. The number of sulfonamides is 1. The lowest BCUT2D eigenvalue weighted by Crippen LogP contribution is -2.33. The third-order valence-electron chi connectivity index (χ3n) is 3.88. The Balaban J connectivity index is 2.10. The van der Waals surface area contributed by atoms with E-state index in [1.54, 1.807) is 13.0 Å². The predicted octanol–water partition coefficient (Wildman–Crippen LogP) is 1.96. The monoisotopic (exact) mass is 308 g/mol. The molecule has 1 aliphatic heterocycles. The van der Waals surface area contributed by atoms with Crippen molar-refractivity contribution in [3.05, 3.63) is 29.3 Å². The van der Waals surface area contributed by atoms with E-state index in [2.05, 4.69) is 4.72 Å². The maximum absolute atomic E-state index is 12.4. The Morgan fingerprint density at radius 3 is 2.86 bits per heavy atom. The molecule has 0 bridgehead atoms. The molecule has 114 valence electrons. The zero-order valence-electron chi connectivity index (χ0n) is 12.3. The molecule has 6 heteroatoms. The van der Waals surface area contributed by atoms with E-state index < -0.39 is 10.0 Å². The molecule has 0 amide bonds. The van der Waals surface area contributed by atoms with Crippen LogP contribution in [-0.4, -0.2) is 27.7 Å². The highest BCUT2D eigenvalue weighted by Crippen LogP contribution is 2.23. The lowest BCUT2D eigenvalue weighted by Gasteiger charge is -2.17. The fourth-order valence-corrected chi connectivity index (χ4v) is 4.01. The van der Waals surface area contributed by atoms with Gasteiger partial charge in [-0.2, -0.15) is 5.26 Å². The van der Waals surface area contributed by atoms with E-state index in [-0.39, 0.29) is 16.9 Å². The maximum atomic E-state index is 12.4. The molecule has 1 fully saturated rings. The zero-order chi connectivity index (χ0) is 15.5. The standard InChI is InChI=1S/C15H20N2O3S/c1-3-14-13(6-7-20-14)10-17-21(18,19)15-5-4-12(9-16)8-11(15)2/h4-5,8,13-14,17H,3,6-7,10H2,1-2H3. The van der Waals surface area contributed by atoms with E-state index in [9.17, 15) is 8.42 Å². The minimum atomic E-state index is -3.55. The molecule has 1 aromatic carbocycles. The van der Waals surface area contributed by atoms with Gasteiger partial charge in [-0.15, -0.1) is 0 Å². The summed E-state index contributed by atoms with van der Waals surface area (Å²) in [5.74, 6) is 0.225. The lowest BCUT2D eigenvalue weighted by molar-refractivity contribution is 0.0884. The Labute approximate surface area is 126 Å². The van der Waals surface area contributed by atoms with Crippen LogP contribution >= 0.6 is 0 Å². The molecular formula is C15H20N2O3S. The van der Waals surface area contributed by atoms with Crippen molar-refractivity contribution in [1.29, 1.82) is 5.26 Å². The van der Waals surface area contributed by atoms with Crippen molar-refractivity contribution < 1.29 is 13.2 Å². The molecule has 2 atom stereocenters. The number of rotatable bonds is 5. The van der Waals surface area contributed by atoms with Crippen LogP contribution in [-0.2, 0) is 14.8 Å². The van der Waals surface area contributed by atoms with Gasteiger partial charge in [-0.1, -0.05) is 6.92 Å². The first-order valence-corrected chi connectivity index (χ1v) is 8.58. The van der Waals surface area contributed by atoms with E-state index in [1.165, 1.54) is 12.1 Å². The van der Waals surface area contributed by atoms with E-state index >= 15 is 0 Å². The second-order valence-corrected chi connectivity index (χ2v) is 7.05. The highest BCUT2D eigenvalue weighted by Gasteiger charge is 2.28. The number of aryl methyl sites for hydroxylation is 1. The van der Waals surface area contributed by atoms with Crippen molar-refractivity contribution in [2.24, 2.45) is 5.92 Å². The van der Waals surface area contributed by atoms with Gasteiger partial charge in [0.05, 0.1) is 22.6 Å². The average Bonchev–Trinajstić information content (AvgIpc) is 2.92. The van der Waals surface area contributed by atoms with Crippen LogP contribution < -0.4 is 4.72 Å². The molecule has 1 saturated heterocycles. The number of benzene rings is 1. The van der Waals surface area contributed by atoms with Gasteiger partial charge in [0.1, 0.15) is 0 Å². The van der Waals surface area contributed by atoms with E-state index in [0.717, 1.165) is 12.8 Å². The van der Waals surface area contributed by atoms with Gasteiger partial charge >= 0.3 is 0 Å². The molecule has 0 saturated carbocycles. The Morgan fingerprint density at radius 2 is 2.24 bits per heavy atom. The third-order valence-corrected chi connectivity index (χ3v) is 5.46. The molecule has 0 spiro atoms. The van der Waals surface area contributed by atoms with Crippen LogP contribution in [0.25, 0.3) is 0 Å². The number of hydrogen-bond acceptors (Lipinski definition) is 4. The van der Waals surface area contributed by atoms with E-state index in [1.807, 2.05) is 13.0 Å². The number of nitriles is 1. The summed E-state index contributed by atoms with van der Waals surface area (Å²) in [6, 6.07) is 6.60. The minimum absolute atomic E-state index is 0.134. The second kappa shape index (κ2) is 6.56. The zero-order valence-corrected chi connectivity index (χ0v) is 13.1. The molecule has 0 aromatic heterocycles. The molecule has 21 heavy (non-hydrogen) atoms. The number of nitrogens with one attached hydrogen (secondary N) is 1. The molecule has 1 aliphatic rings. The van der Waals surface area contributed by atoms with Crippen LogP contribution in [0.3, 0.4) is 0 Å². The fourth-order valence-electron chi connectivity index (χ4n) is 2.69. The average molecular weight is 308 g/mol. The van der Waals surface area contributed by atoms with Crippen molar-refractivity contribution in [3.8, 4) is 6.07 Å². The Morgan fingerprint density at radius 1 is 1.48 bits per heavy atom. The highest BCUT2D eigenvalue weighted by atomic mass is 32.2. The van der Waals surface area contributed by atoms with Gasteiger partial charge in [0.2, 0.25) is 10.0 Å². The molecule has 5 nitrogen and oxygen atoms in total. The molecule has 1 heterocycles. The van der Waals surface area contributed by atoms with Crippen LogP contribution in [0.2, 0.25) is 0 Å². The van der Waals surface area contributed by atoms with Crippen molar-refractivity contribution in [2.75, 3.05) is 13.2 Å². The summed E-state index contributed by atoms with van der Waals surface area (Å²) in [5.41, 5.74) is 1.04. The van der Waals surface area contributed by atoms with Gasteiger partial charge in [-0.25, -0.2) is 13.1 Å². The summed E-state index contributed by atoms with van der Waals surface area (Å²) < 4.78 is 33.0. The summed E-state index contributed by atoms with van der Waals surface area (Å²) in [6.45, 7) is 4.83. The Hall–Kier alpha value is -1.42. The topological polar surface area (TPSA) is 79.2 Å². The molecule has 0 radical (unpaired) electrons. The minimum Gasteiger partial charge on any atom is -0.378 e. The second-order valence-electron chi connectivity index (χ2n) is 5.31. The number of ether oxygens (including phenoxy) is 1. The normalized spacial score (nSPS) is 22.1. The number of hydrogen-bond donors (Lipinski definition) is 1. The number of nitrogens with zero attached hydrogens (tertiary/aromatic N) is 1. The summed E-state index contributed by atoms with van der Waals surface area (Å²) in [6.07, 6.45) is 1.91. The third kappa shape index (κ3) is 3.62.